The number of anilines is 1. The summed E-state index contributed by atoms with van der Waals surface area (Å²) in [4.78, 5) is 36.4. The number of fused-ring (bicyclic) bond motifs is 2. The Balaban J connectivity index is 1.59. The summed E-state index contributed by atoms with van der Waals surface area (Å²) in [6, 6.07) is 26.5. The molecule has 3 aromatic carbocycles. The first kappa shape index (κ1) is 22.1. The molecule has 0 fully saturated rings. The van der Waals surface area contributed by atoms with Crippen molar-refractivity contribution in [1.82, 2.24) is 10.3 Å². The molecule has 5 rings (SSSR count). The first-order valence-electron chi connectivity index (χ1n) is 11.2. The van der Waals surface area contributed by atoms with Crippen molar-refractivity contribution in [3.8, 4) is 0 Å². The molecule has 1 aromatic heterocycles. The van der Waals surface area contributed by atoms with E-state index >= 15 is 0 Å². The van der Waals surface area contributed by atoms with Crippen LogP contribution in [0.25, 0.3) is 10.9 Å². The molecule has 8 heteroatoms. The fourth-order valence-electron chi connectivity index (χ4n) is 4.18. The SMILES string of the molecule is C/C(CN1C(=O)C(NC(=O)c2cc3ccccc3[nH]2)N=C(c2ccccc2)c2ccccc21)=N\N. The highest BCUT2D eigenvalue weighted by atomic mass is 16.2. The molecule has 2 heterocycles. The van der Waals surface area contributed by atoms with Gasteiger partial charge in [0.25, 0.3) is 11.8 Å². The van der Waals surface area contributed by atoms with Gasteiger partial charge in [0.05, 0.1) is 23.7 Å². The molecule has 4 aromatic rings. The molecule has 8 nitrogen and oxygen atoms in total. The van der Waals surface area contributed by atoms with Gasteiger partial charge in [0.15, 0.2) is 0 Å². The maximum Gasteiger partial charge on any atom is 0.272 e. The van der Waals surface area contributed by atoms with E-state index in [0.717, 1.165) is 22.0 Å². The molecule has 4 N–H and O–H groups in total. The minimum absolute atomic E-state index is 0.169. The fourth-order valence-corrected chi connectivity index (χ4v) is 4.18. The Kier molecular flexibility index (Phi) is 5.85. The molecule has 35 heavy (non-hydrogen) atoms. The van der Waals surface area contributed by atoms with Gasteiger partial charge in [0.1, 0.15) is 5.69 Å². The molecular weight excluding hydrogens is 440 g/mol. The van der Waals surface area contributed by atoms with Crippen molar-refractivity contribution in [1.29, 1.82) is 0 Å². The summed E-state index contributed by atoms with van der Waals surface area (Å²) in [7, 11) is 0. The lowest BCUT2D eigenvalue weighted by atomic mass is 10.00. The van der Waals surface area contributed by atoms with E-state index in [4.69, 9.17) is 10.8 Å². The van der Waals surface area contributed by atoms with Gasteiger partial charge in [0, 0.05) is 22.0 Å². The van der Waals surface area contributed by atoms with E-state index in [2.05, 4.69) is 15.4 Å². The molecule has 0 spiro atoms. The Morgan fingerprint density at radius 1 is 1.06 bits per heavy atom. The number of hydrogen-bond acceptors (Lipinski definition) is 5. The number of hydrogen-bond donors (Lipinski definition) is 3. The van der Waals surface area contributed by atoms with Crippen molar-refractivity contribution in [2.45, 2.75) is 13.1 Å². The Labute approximate surface area is 202 Å². The van der Waals surface area contributed by atoms with Crippen LogP contribution in [0.1, 0.15) is 28.5 Å². The molecule has 0 saturated heterocycles. The van der Waals surface area contributed by atoms with Gasteiger partial charge in [-0.1, -0.05) is 66.7 Å². The molecule has 1 aliphatic heterocycles. The average molecular weight is 465 g/mol. The summed E-state index contributed by atoms with van der Waals surface area (Å²) < 4.78 is 0. The highest BCUT2D eigenvalue weighted by Crippen LogP contribution is 2.28. The smallest absolute Gasteiger partial charge is 0.272 e. The lowest BCUT2D eigenvalue weighted by Crippen LogP contribution is -2.48. The van der Waals surface area contributed by atoms with E-state index in [0.29, 0.717) is 22.8 Å². The van der Waals surface area contributed by atoms with Crippen LogP contribution in [-0.4, -0.2) is 40.9 Å². The van der Waals surface area contributed by atoms with Crippen LogP contribution in [0.3, 0.4) is 0 Å². The first-order valence-corrected chi connectivity index (χ1v) is 11.2. The van der Waals surface area contributed by atoms with Crippen molar-refractivity contribution < 1.29 is 9.59 Å². The number of benzene rings is 3. The van der Waals surface area contributed by atoms with Crippen molar-refractivity contribution in [3.05, 3.63) is 102 Å². The Bertz CT molecular complexity index is 1440. The van der Waals surface area contributed by atoms with Crippen molar-refractivity contribution in [2.75, 3.05) is 11.4 Å². The molecule has 0 bridgehead atoms. The summed E-state index contributed by atoms with van der Waals surface area (Å²) >= 11 is 0. The van der Waals surface area contributed by atoms with Gasteiger partial charge in [-0.3, -0.25) is 9.59 Å². The van der Waals surface area contributed by atoms with Crippen molar-refractivity contribution >= 4 is 39.8 Å². The van der Waals surface area contributed by atoms with E-state index in [1.165, 1.54) is 0 Å². The van der Waals surface area contributed by atoms with E-state index in [1.807, 2.05) is 78.9 Å². The fraction of sp³-hybridized carbons (Fsp3) is 0.111. The number of nitrogens with one attached hydrogen (secondary N) is 2. The third-order valence-corrected chi connectivity index (χ3v) is 5.91. The van der Waals surface area contributed by atoms with Gasteiger partial charge in [-0.15, -0.1) is 0 Å². The summed E-state index contributed by atoms with van der Waals surface area (Å²) in [5.41, 5.74) is 4.65. The van der Waals surface area contributed by atoms with E-state index in [1.54, 1.807) is 17.9 Å². The second-order valence-electron chi connectivity index (χ2n) is 8.30. The number of rotatable bonds is 5. The number of nitrogens with two attached hydrogens (primary N) is 1. The normalized spacial score (nSPS) is 16.0. The minimum atomic E-state index is -1.15. The molecular formula is C27H24N6O2. The Morgan fingerprint density at radius 2 is 1.77 bits per heavy atom. The number of aromatic nitrogens is 1. The minimum Gasteiger partial charge on any atom is -0.351 e. The van der Waals surface area contributed by atoms with Gasteiger partial charge < -0.3 is 21.0 Å². The Hall–Kier alpha value is -4.72. The predicted molar refractivity (Wildman–Crippen MR) is 138 cm³/mol. The second-order valence-corrected chi connectivity index (χ2v) is 8.30. The van der Waals surface area contributed by atoms with Crippen LogP contribution >= 0.6 is 0 Å². The van der Waals surface area contributed by atoms with Crippen LogP contribution in [0, 0.1) is 0 Å². The number of aliphatic imine (C=N–C) groups is 1. The Morgan fingerprint density at radius 3 is 2.54 bits per heavy atom. The van der Waals surface area contributed by atoms with Crippen LogP contribution in [0.15, 0.2) is 95.0 Å². The first-order chi connectivity index (χ1) is 17.0. The highest BCUT2D eigenvalue weighted by molar-refractivity contribution is 6.21. The molecule has 1 unspecified atom stereocenters. The lowest BCUT2D eigenvalue weighted by molar-refractivity contribution is -0.120. The zero-order chi connectivity index (χ0) is 24.4. The lowest BCUT2D eigenvalue weighted by Gasteiger charge is -2.25. The summed E-state index contributed by atoms with van der Waals surface area (Å²) in [6.07, 6.45) is -1.15. The number of hydrazone groups is 1. The van der Waals surface area contributed by atoms with Crippen molar-refractivity contribution in [2.24, 2.45) is 15.9 Å². The zero-order valence-electron chi connectivity index (χ0n) is 19.1. The molecule has 174 valence electrons. The number of para-hydroxylation sites is 2. The summed E-state index contributed by atoms with van der Waals surface area (Å²) in [6.45, 7) is 1.92. The number of nitrogens with zero attached hydrogens (tertiary/aromatic N) is 3. The van der Waals surface area contributed by atoms with Crippen LogP contribution in [-0.2, 0) is 4.79 Å². The number of carbonyl (C=O) groups is 2. The van der Waals surface area contributed by atoms with Crippen LogP contribution in [0.2, 0.25) is 0 Å². The summed E-state index contributed by atoms with van der Waals surface area (Å²) in [5, 5.41) is 7.48. The summed E-state index contributed by atoms with van der Waals surface area (Å²) in [5.74, 6) is 4.68. The highest BCUT2D eigenvalue weighted by Gasteiger charge is 2.33. The number of carbonyl (C=O) groups excluding carboxylic acids is 2. The molecule has 1 atom stereocenters. The topological polar surface area (TPSA) is 116 Å². The predicted octanol–water partition coefficient (Wildman–Crippen LogP) is 3.44. The number of aromatic amines is 1. The molecule has 1 aliphatic rings. The second kappa shape index (κ2) is 9.26. The van der Waals surface area contributed by atoms with Crippen LogP contribution in [0.5, 0.6) is 0 Å². The van der Waals surface area contributed by atoms with Gasteiger partial charge in [-0.25, -0.2) is 4.99 Å². The number of H-pyrrole nitrogens is 1. The third-order valence-electron chi connectivity index (χ3n) is 5.91. The number of benzodiazepines with no additional fused rings is 1. The van der Waals surface area contributed by atoms with Gasteiger partial charge in [-0.05, 0) is 25.1 Å². The van der Waals surface area contributed by atoms with Crippen LogP contribution in [0.4, 0.5) is 5.69 Å². The maximum atomic E-state index is 13.8. The standard InChI is InChI=1S/C27H24N6O2/c1-17(32-28)16-33-23-14-8-6-12-20(23)24(18-9-3-2-4-10-18)30-25(27(33)35)31-26(34)22-15-19-11-5-7-13-21(19)29-22/h2-15,25,29H,16,28H2,1H3,(H,31,34)/b32-17+. The van der Waals surface area contributed by atoms with Gasteiger partial charge >= 0.3 is 0 Å². The van der Waals surface area contributed by atoms with E-state index in [-0.39, 0.29) is 12.5 Å². The molecule has 0 aliphatic carbocycles. The number of amides is 2. The van der Waals surface area contributed by atoms with E-state index < -0.39 is 12.1 Å². The molecule has 0 saturated carbocycles. The average Bonchev–Trinajstić information content (AvgIpc) is 3.30. The molecule has 2 amide bonds. The monoisotopic (exact) mass is 464 g/mol. The van der Waals surface area contributed by atoms with Crippen LogP contribution < -0.4 is 16.1 Å². The van der Waals surface area contributed by atoms with Crippen molar-refractivity contribution in [3.63, 3.8) is 0 Å². The zero-order valence-corrected chi connectivity index (χ0v) is 19.1. The maximum absolute atomic E-state index is 13.8. The molecule has 0 radical (unpaired) electrons. The largest absolute Gasteiger partial charge is 0.351 e. The van der Waals surface area contributed by atoms with Gasteiger partial charge in [0.2, 0.25) is 6.17 Å². The third kappa shape index (κ3) is 4.29. The quantitative estimate of drug-likeness (QED) is 0.239. The van der Waals surface area contributed by atoms with Gasteiger partial charge in [-0.2, -0.15) is 5.10 Å². The van der Waals surface area contributed by atoms with E-state index in [9.17, 15) is 9.59 Å².